The molecule has 0 saturated carbocycles. The number of halogens is 1. The summed E-state index contributed by atoms with van der Waals surface area (Å²) in [7, 11) is 0. The van der Waals surface area contributed by atoms with E-state index in [-0.39, 0.29) is 5.91 Å². The Hall–Kier alpha value is -3.18. The number of hydrogen-bond donors (Lipinski definition) is 1. The van der Waals surface area contributed by atoms with Crippen molar-refractivity contribution in [3.05, 3.63) is 82.4 Å². The van der Waals surface area contributed by atoms with Gasteiger partial charge in [0, 0.05) is 5.56 Å². The summed E-state index contributed by atoms with van der Waals surface area (Å²) >= 11 is 6.42. The highest BCUT2D eigenvalue weighted by atomic mass is 35.5. The van der Waals surface area contributed by atoms with Gasteiger partial charge in [-0.05, 0) is 66.8 Å². The van der Waals surface area contributed by atoms with Gasteiger partial charge in [0.1, 0.15) is 11.0 Å². The first-order valence-corrected chi connectivity index (χ1v) is 11.0. The summed E-state index contributed by atoms with van der Waals surface area (Å²) in [6.07, 6.45) is 4.36. The molecule has 0 aliphatic carbocycles. The van der Waals surface area contributed by atoms with Crippen LogP contribution in [0.4, 0.5) is 5.69 Å². The maximum atomic E-state index is 12.6. The quantitative estimate of drug-likeness (QED) is 0.376. The van der Waals surface area contributed by atoms with Crippen molar-refractivity contribution in [2.45, 2.75) is 39.5 Å². The van der Waals surface area contributed by atoms with E-state index in [0.29, 0.717) is 27.3 Å². The van der Waals surface area contributed by atoms with Crippen molar-refractivity contribution in [3.63, 3.8) is 0 Å². The molecule has 0 aliphatic heterocycles. The van der Waals surface area contributed by atoms with Crippen LogP contribution >= 0.6 is 11.6 Å². The highest BCUT2D eigenvalue weighted by molar-refractivity contribution is 6.34. The fraction of sp³-hybridized carbons (Fsp3) is 0.240. The van der Waals surface area contributed by atoms with Crippen molar-refractivity contribution < 1.29 is 4.79 Å². The molecule has 0 aliphatic rings. The Kier molecular flexibility index (Phi) is 6.33. The van der Waals surface area contributed by atoms with Crippen molar-refractivity contribution in [1.82, 2.24) is 15.0 Å². The van der Waals surface area contributed by atoms with E-state index in [1.54, 1.807) is 16.9 Å². The van der Waals surface area contributed by atoms with Gasteiger partial charge in [-0.15, -0.1) is 10.2 Å². The Bertz CT molecular complexity index is 1200. The minimum absolute atomic E-state index is 0.209. The van der Waals surface area contributed by atoms with Crippen molar-refractivity contribution in [3.8, 4) is 5.69 Å². The number of nitrogens with one attached hydrogen (secondary N) is 1. The van der Waals surface area contributed by atoms with Crippen LogP contribution in [0.15, 0.2) is 60.7 Å². The van der Waals surface area contributed by atoms with E-state index in [9.17, 15) is 4.79 Å². The van der Waals surface area contributed by atoms with Gasteiger partial charge in [0.25, 0.3) is 5.91 Å². The molecule has 4 aromatic rings. The van der Waals surface area contributed by atoms with Crippen LogP contribution in [-0.4, -0.2) is 20.9 Å². The fourth-order valence-corrected chi connectivity index (χ4v) is 3.62. The molecule has 0 saturated heterocycles. The van der Waals surface area contributed by atoms with Crippen LogP contribution in [0.1, 0.15) is 48.2 Å². The van der Waals surface area contributed by atoms with Crippen molar-refractivity contribution in [2.75, 3.05) is 5.32 Å². The smallest absolute Gasteiger partial charge is 0.255 e. The monoisotopic (exact) mass is 432 g/mol. The van der Waals surface area contributed by atoms with Crippen LogP contribution in [-0.2, 0) is 12.8 Å². The molecule has 4 rings (SSSR count). The van der Waals surface area contributed by atoms with Crippen LogP contribution in [0.5, 0.6) is 0 Å². The zero-order valence-electron chi connectivity index (χ0n) is 17.7. The molecule has 1 heterocycles. The maximum Gasteiger partial charge on any atom is 0.255 e. The summed E-state index contributed by atoms with van der Waals surface area (Å²) in [5.74, 6) is -0.209. The number of nitrogens with zero attached hydrogens (tertiary/aromatic N) is 3. The molecule has 1 aromatic heterocycles. The number of anilines is 1. The van der Waals surface area contributed by atoms with E-state index >= 15 is 0 Å². The van der Waals surface area contributed by atoms with E-state index < -0.39 is 0 Å². The molecule has 5 nitrogen and oxygen atoms in total. The standard InChI is InChI=1S/C25H25ClN4O/c1-3-5-6-18-9-13-20(14-10-18)30-28-23-15-21(26)22(16-24(23)29-30)27-25(31)19-11-7-17(4-2)8-12-19/h7-16H,3-6H2,1-2H3,(H,27,31). The Balaban J connectivity index is 1.56. The number of aromatic nitrogens is 3. The molecular weight excluding hydrogens is 408 g/mol. The van der Waals surface area contributed by atoms with Crippen molar-refractivity contribution in [1.29, 1.82) is 0 Å². The van der Waals surface area contributed by atoms with Crippen LogP contribution in [0.25, 0.3) is 16.7 Å². The molecule has 1 N–H and O–H groups in total. The number of benzene rings is 3. The number of fused-ring (bicyclic) bond motifs is 1. The normalized spacial score (nSPS) is 11.1. The lowest BCUT2D eigenvalue weighted by Crippen LogP contribution is -2.12. The predicted octanol–water partition coefficient (Wildman–Crippen LogP) is 6.23. The molecule has 1 amide bonds. The van der Waals surface area contributed by atoms with Gasteiger partial charge in [0.15, 0.2) is 0 Å². The molecular formula is C25H25ClN4O. The molecule has 0 spiro atoms. The first kappa shape index (κ1) is 21.1. The number of aryl methyl sites for hydroxylation is 2. The van der Waals surface area contributed by atoms with Crippen molar-refractivity contribution in [2.24, 2.45) is 0 Å². The van der Waals surface area contributed by atoms with E-state index in [1.807, 2.05) is 36.4 Å². The Morgan fingerprint density at radius 3 is 2.23 bits per heavy atom. The number of rotatable bonds is 7. The second kappa shape index (κ2) is 9.31. The fourth-order valence-electron chi connectivity index (χ4n) is 3.41. The number of amides is 1. The van der Waals surface area contributed by atoms with Gasteiger partial charge < -0.3 is 5.32 Å². The second-order valence-corrected chi connectivity index (χ2v) is 7.99. The van der Waals surface area contributed by atoms with Crippen LogP contribution in [0.3, 0.4) is 0 Å². The van der Waals surface area contributed by atoms with Crippen LogP contribution < -0.4 is 5.32 Å². The Morgan fingerprint density at radius 1 is 0.935 bits per heavy atom. The topological polar surface area (TPSA) is 59.8 Å². The SMILES string of the molecule is CCCCc1ccc(-n2nc3cc(Cl)c(NC(=O)c4ccc(CC)cc4)cc3n2)cc1. The maximum absolute atomic E-state index is 12.6. The van der Waals surface area contributed by atoms with Gasteiger partial charge >= 0.3 is 0 Å². The molecule has 0 radical (unpaired) electrons. The Morgan fingerprint density at radius 2 is 1.58 bits per heavy atom. The second-order valence-electron chi connectivity index (χ2n) is 7.58. The lowest BCUT2D eigenvalue weighted by atomic mass is 10.1. The molecule has 0 fully saturated rings. The van der Waals surface area contributed by atoms with E-state index in [2.05, 4.69) is 41.5 Å². The summed E-state index contributed by atoms with van der Waals surface area (Å²) in [6.45, 7) is 4.27. The number of carbonyl (C=O) groups excluding carboxylic acids is 1. The van der Waals surface area contributed by atoms with Gasteiger partial charge in [-0.1, -0.05) is 56.1 Å². The zero-order valence-corrected chi connectivity index (χ0v) is 18.5. The average molecular weight is 433 g/mol. The number of hydrogen-bond acceptors (Lipinski definition) is 3. The predicted molar refractivity (Wildman–Crippen MR) is 126 cm³/mol. The molecule has 3 aromatic carbocycles. The third kappa shape index (κ3) is 4.78. The summed E-state index contributed by atoms with van der Waals surface area (Å²) in [5.41, 5.74) is 5.81. The van der Waals surface area contributed by atoms with Gasteiger partial charge in [-0.2, -0.15) is 4.80 Å². The van der Waals surface area contributed by atoms with Gasteiger partial charge in [-0.3, -0.25) is 4.79 Å². The van der Waals surface area contributed by atoms with Gasteiger partial charge in [-0.25, -0.2) is 0 Å². The van der Waals surface area contributed by atoms with E-state index in [4.69, 9.17) is 11.6 Å². The summed E-state index contributed by atoms with van der Waals surface area (Å²) in [5, 5.41) is 12.4. The largest absolute Gasteiger partial charge is 0.321 e. The molecule has 6 heteroatoms. The minimum Gasteiger partial charge on any atom is -0.321 e. The lowest BCUT2D eigenvalue weighted by molar-refractivity contribution is 0.102. The Labute approximate surface area is 187 Å². The minimum atomic E-state index is -0.209. The zero-order chi connectivity index (χ0) is 21.8. The summed E-state index contributed by atoms with van der Waals surface area (Å²) < 4.78 is 0. The van der Waals surface area contributed by atoms with Crippen molar-refractivity contribution >= 4 is 34.2 Å². The molecule has 0 unspecified atom stereocenters. The van der Waals surface area contributed by atoms with E-state index in [0.717, 1.165) is 18.5 Å². The van der Waals surface area contributed by atoms with Gasteiger partial charge in [0.2, 0.25) is 0 Å². The van der Waals surface area contributed by atoms with Gasteiger partial charge in [0.05, 0.1) is 16.4 Å². The third-order valence-electron chi connectivity index (χ3n) is 5.33. The first-order chi connectivity index (χ1) is 15.1. The summed E-state index contributed by atoms with van der Waals surface area (Å²) in [6, 6.07) is 19.3. The van der Waals surface area contributed by atoms with Crippen LogP contribution in [0.2, 0.25) is 5.02 Å². The molecule has 0 bridgehead atoms. The highest BCUT2D eigenvalue weighted by Gasteiger charge is 2.13. The summed E-state index contributed by atoms with van der Waals surface area (Å²) in [4.78, 5) is 14.2. The lowest BCUT2D eigenvalue weighted by Gasteiger charge is -2.07. The molecule has 0 atom stereocenters. The van der Waals surface area contributed by atoms with Crippen LogP contribution in [0, 0.1) is 0 Å². The third-order valence-corrected chi connectivity index (χ3v) is 5.64. The molecule has 31 heavy (non-hydrogen) atoms. The number of carbonyl (C=O) groups is 1. The first-order valence-electron chi connectivity index (χ1n) is 10.6. The number of unbranched alkanes of at least 4 members (excludes halogenated alkanes) is 1. The molecule has 158 valence electrons. The average Bonchev–Trinajstić information content (AvgIpc) is 3.21. The van der Waals surface area contributed by atoms with E-state index in [1.165, 1.54) is 24.0 Å². The highest BCUT2D eigenvalue weighted by Crippen LogP contribution is 2.27.